The van der Waals surface area contributed by atoms with Crippen LogP contribution in [-0.2, 0) is 29.1 Å². The van der Waals surface area contributed by atoms with Crippen molar-refractivity contribution in [3.05, 3.63) is 47.5 Å². The fourth-order valence-electron chi connectivity index (χ4n) is 4.25. The molecule has 30 heavy (non-hydrogen) atoms. The molecule has 1 fully saturated rings. The summed E-state index contributed by atoms with van der Waals surface area (Å²) in [4.78, 5) is 26.4. The van der Waals surface area contributed by atoms with Crippen molar-refractivity contribution in [1.82, 2.24) is 25.0 Å². The van der Waals surface area contributed by atoms with Gasteiger partial charge in [0.1, 0.15) is 18.3 Å². The summed E-state index contributed by atoms with van der Waals surface area (Å²) in [7, 11) is 0. The van der Waals surface area contributed by atoms with Gasteiger partial charge in [-0.15, -0.1) is 10.2 Å². The third-order valence-electron chi connectivity index (χ3n) is 5.83. The van der Waals surface area contributed by atoms with Gasteiger partial charge in [-0.1, -0.05) is 30.3 Å². The molecule has 1 aromatic heterocycles. The van der Waals surface area contributed by atoms with Crippen LogP contribution in [0.1, 0.15) is 55.2 Å². The van der Waals surface area contributed by atoms with Crippen LogP contribution < -0.4 is 5.32 Å². The molecule has 8 heteroatoms. The second-order valence-electron chi connectivity index (χ2n) is 8.00. The molecule has 3 heterocycles. The molecule has 1 atom stereocenters. The summed E-state index contributed by atoms with van der Waals surface area (Å²) in [6.45, 7) is 3.17. The summed E-state index contributed by atoms with van der Waals surface area (Å²) >= 11 is 0. The predicted octanol–water partition coefficient (Wildman–Crippen LogP) is 2.64. The van der Waals surface area contributed by atoms with E-state index >= 15 is 0 Å². The number of fused-ring (bicyclic) bond motifs is 1. The van der Waals surface area contributed by atoms with E-state index in [0.717, 1.165) is 56.0 Å². The van der Waals surface area contributed by atoms with E-state index in [1.54, 1.807) is 0 Å². The molecule has 2 amide bonds. The number of alkyl carbamates (subject to hydrolysis) is 1. The molecule has 8 nitrogen and oxygen atoms in total. The van der Waals surface area contributed by atoms with E-state index in [-0.39, 0.29) is 18.4 Å². The van der Waals surface area contributed by atoms with Crippen LogP contribution in [-0.4, -0.2) is 51.3 Å². The monoisotopic (exact) mass is 411 g/mol. The Bertz CT molecular complexity index is 867. The molecule has 0 radical (unpaired) electrons. The predicted molar refractivity (Wildman–Crippen MR) is 111 cm³/mol. The number of aryl methyl sites for hydroxylation is 1. The molecule has 0 spiro atoms. The van der Waals surface area contributed by atoms with E-state index < -0.39 is 6.09 Å². The highest BCUT2D eigenvalue weighted by atomic mass is 16.5. The topological polar surface area (TPSA) is 89.4 Å². The minimum atomic E-state index is -0.454. The Balaban J connectivity index is 1.16. The quantitative estimate of drug-likeness (QED) is 0.708. The van der Waals surface area contributed by atoms with Gasteiger partial charge >= 0.3 is 6.09 Å². The van der Waals surface area contributed by atoms with Crippen molar-refractivity contribution in [3.8, 4) is 0 Å². The highest BCUT2D eigenvalue weighted by Gasteiger charge is 2.29. The Hall–Kier alpha value is -2.90. The standard InChI is InChI=1S/C22H29N5O3/c28-20(11-4-12-23-22(29)30-16-17-7-2-1-3-8-17)26-13-5-9-18(15-26)21-25-24-19-10-6-14-27(19)21/h1-3,7-8,18H,4-6,9-16H2,(H,23,29). The number of benzene rings is 1. The third-order valence-corrected chi connectivity index (χ3v) is 5.83. The van der Waals surface area contributed by atoms with Gasteiger partial charge in [0.15, 0.2) is 0 Å². The number of aromatic nitrogens is 3. The van der Waals surface area contributed by atoms with Crippen LogP contribution in [0.3, 0.4) is 0 Å². The molecule has 4 rings (SSSR count). The zero-order chi connectivity index (χ0) is 20.8. The number of hydrogen-bond acceptors (Lipinski definition) is 5. The van der Waals surface area contributed by atoms with Crippen molar-refractivity contribution in [1.29, 1.82) is 0 Å². The van der Waals surface area contributed by atoms with Gasteiger partial charge in [-0.25, -0.2) is 4.79 Å². The molecule has 2 aliphatic rings. The highest BCUT2D eigenvalue weighted by Crippen LogP contribution is 2.28. The van der Waals surface area contributed by atoms with Crippen LogP contribution in [0.4, 0.5) is 4.79 Å². The molecule has 1 unspecified atom stereocenters. The molecule has 1 saturated heterocycles. The van der Waals surface area contributed by atoms with E-state index in [0.29, 0.717) is 25.9 Å². The number of piperidine rings is 1. The summed E-state index contributed by atoms with van der Waals surface area (Å²) in [6.07, 6.45) is 4.74. The zero-order valence-electron chi connectivity index (χ0n) is 17.3. The number of ether oxygens (including phenoxy) is 1. The van der Waals surface area contributed by atoms with Crippen molar-refractivity contribution in [2.75, 3.05) is 19.6 Å². The zero-order valence-corrected chi connectivity index (χ0v) is 17.3. The first-order chi connectivity index (χ1) is 14.7. The van der Waals surface area contributed by atoms with Gasteiger partial charge in [-0.2, -0.15) is 0 Å². The largest absolute Gasteiger partial charge is 0.445 e. The number of hydrogen-bond donors (Lipinski definition) is 1. The van der Waals surface area contributed by atoms with Crippen LogP contribution in [0.5, 0.6) is 0 Å². The van der Waals surface area contributed by atoms with Crippen molar-refractivity contribution in [2.24, 2.45) is 0 Å². The Morgan fingerprint density at radius 3 is 2.87 bits per heavy atom. The summed E-state index contributed by atoms with van der Waals surface area (Å²) in [5, 5.41) is 11.4. The summed E-state index contributed by atoms with van der Waals surface area (Å²) in [5.41, 5.74) is 0.945. The lowest BCUT2D eigenvalue weighted by atomic mass is 9.96. The first-order valence-electron chi connectivity index (χ1n) is 10.8. The van der Waals surface area contributed by atoms with Gasteiger partial charge in [0.2, 0.25) is 5.91 Å². The van der Waals surface area contributed by atoms with E-state index in [2.05, 4.69) is 20.1 Å². The molecule has 160 valence electrons. The fourth-order valence-corrected chi connectivity index (χ4v) is 4.25. The van der Waals surface area contributed by atoms with Gasteiger partial charge in [0.05, 0.1) is 0 Å². The molecule has 0 aliphatic carbocycles. The van der Waals surface area contributed by atoms with E-state index in [9.17, 15) is 9.59 Å². The number of nitrogens with zero attached hydrogens (tertiary/aromatic N) is 4. The Kier molecular flexibility index (Phi) is 6.61. The van der Waals surface area contributed by atoms with Crippen molar-refractivity contribution in [3.63, 3.8) is 0 Å². The van der Waals surface area contributed by atoms with Crippen molar-refractivity contribution < 1.29 is 14.3 Å². The number of rotatable bonds is 7. The molecule has 2 aliphatic heterocycles. The van der Waals surface area contributed by atoms with Crippen LogP contribution >= 0.6 is 0 Å². The summed E-state index contributed by atoms with van der Waals surface area (Å²) in [5.74, 6) is 2.54. The second kappa shape index (κ2) is 9.73. The number of likely N-dealkylation sites (tertiary alicyclic amines) is 1. The maximum absolute atomic E-state index is 12.6. The summed E-state index contributed by atoms with van der Waals surface area (Å²) < 4.78 is 7.42. The number of nitrogens with one attached hydrogen (secondary N) is 1. The number of carbonyl (C=O) groups excluding carboxylic acids is 2. The molecule has 0 bridgehead atoms. The third kappa shape index (κ3) is 4.98. The molecule has 1 N–H and O–H groups in total. The van der Waals surface area contributed by atoms with E-state index in [1.807, 2.05) is 35.2 Å². The first-order valence-corrected chi connectivity index (χ1v) is 10.8. The van der Waals surface area contributed by atoms with Crippen LogP contribution in [0.2, 0.25) is 0 Å². The van der Waals surface area contributed by atoms with Gasteiger partial charge in [0.25, 0.3) is 0 Å². The average molecular weight is 412 g/mol. The minimum absolute atomic E-state index is 0.139. The minimum Gasteiger partial charge on any atom is -0.445 e. The first kappa shape index (κ1) is 20.4. The van der Waals surface area contributed by atoms with Crippen LogP contribution in [0.15, 0.2) is 30.3 Å². The van der Waals surface area contributed by atoms with Crippen LogP contribution in [0.25, 0.3) is 0 Å². The smallest absolute Gasteiger partial charge is 0.407 e. The normalized spacial score (nSPS) is 18.1. The highest BCUT2D eigenvalue weighted by molar-refractivity contribution is 5.76. The fraction of sp³-hybridized carbons (Fsp3) is 0.545. The van der Waals surface area contributed by atoms with Gasteiger partial charge < -0.3 is 19.5 Å². The molecular formula is C22H29N5O3. The lowest BCUT2D eigenvalue weighted by Gasteiger charge is -2.32. The van der Waals surface area contributed by atoms with Gasteiger partial charge in [0, 0.05) is 44.9 Å². The second-order valence-corrected chi connectivity index (χ2v) is 8.00. The van der Waals surface area contributed by atoms with Gasteiger partial charge in [-0.3, -0.25) is 4.79 Å². The molecule has 1 aromatic carbocycles. The Morgan fingerprint density at radius 2 is 2.00 bits per heavy atom. The van der Waals surface area contributed by atoms with Crippen molar-refractivity contribution in [2.45, 2.75) is 57.6 Å². The van der Waals surface area contributed by atoms with E-state index in [1.165, 1.54) is 0 Å². The Morgan fingerprint density at radius 1 is 1.13 bits per heavy atom. The summed E-state index contributed by atoms with van der Waals surface area (Å²) in [6, 6.07) is 9.55. The molecule has 0 saturated carbocycles. The Labute approximate surface area is 176 Å². The molecular weight excluding hydrogens is 382 g/mol. The van der Waals surface area contributed by atoms with Crippen LogP contribution in [0, 0.1) is 0 Å². The lowest BCUT2D eigenvalue weighted by molar-refractivity contribution is -0.132. The maximum atomic E-state index is 12.6. The maximum Gasteiger partial charge on any atom is 0.407 e. The van der Waals surface area contributed by atoms with Crippen molar-refractivity contribution >= 4 is 12.0 Å². The van der Waals surface area contributed by atoms with E-state index in [4.69, 9.17) is 4.74 Å². The number of amides is 2. The van der Waals surface area contributed by atoms with Gasteiger partial charge in [-0.05, 0) is 31.2 Å². The number of carbonyl (C=O) groups is 2. The average Bonchev–Trinajstić information content (AvgIpc) is 3.40. The molecule has 2 aromatic rings. The lowest BCUT2D eigenvalue weighted by Crippen LogP contribution is -2.40. The SMILES string of the molecule is O=C(NCCCC(=O)N1CCCC(c2nnc3n2CCC3)C1)OCc1ccccc1.